The van der Waals surface area contributed by atoms with Gasteiger partial charge in [0.15, 0.2) is 0 Å². The third kappa shape index (κ3) is 4.29. The standard InChI is InChI=1S/C13H25N3O2/c1-8(2)12(13(15)18)16-11(17)7-9-5-3-4-6-10(9)14/h8-10,12H,3-7,14H2,1-2H3,(H2,15,18)(H,16,17). The normalized spacial score (nSPS) is 25.8. The summed E-state index contributed by atoms with van der Waals surface area (Å²) in [5.41, 5.74) is 11.3. The van der Waals surface area contributed by atoms with Crippen LogP contribution in [0, 0.1) is 11.8 Å². The molecular weight excluding hydrogens is 230 g/mol. The Kier molecular flexibility index (Phi) is 5.59. The van der Waals surface area contributed by atoms with Crippen LogP contribution in [0.1, 0.15) is 46.0 Å². The van der Waals surface area contributed by atoms with E-state index in [1.54, 1.807) is 0 Å². The summed E-state index contributed by atoms with van der Waals surface area (Å²) < 4.78 is 0. The van der Waals surface area contributed by atoms with Crippen LogP contribution >= 0.6 is 0 Å². The van der Waals surface area contributed by atoms with Gasteiger partial charge in [-0.1, -0.05) is 26.7 Å². The molecule has 0 bridgehead atoms. The molecule has 0 aliphatic heterocycles. The Labute approximate surface area is 109 Å². The van der Waals surface area contributed by atoms with Crippen molar-refractivity contribution < 1.29 is 9.59 Å². The molecule has 0 saturated heterocycles. The van der Waals surface area contributed by atoms with Gasteiger partial charge in [-0.3, -0.25) is 9.59 Å². The van der Waals surface area contributed by atoms with Gasteiger partial charge in [0, 0.05) is 12.5 Å². The summed E-state index contributed by atoms with van der Waals surface area (Å²) in [5, 5.41) is 2.71. The van der Waals surface area contributed by atoms with Crippen molar-refractivity contribution in [3.63, 3.8) is 0 Å². The molecule has 3 unspecified atom stereocenters. The van der Waals surface area contributed by atoms with Crippen LogP contribution in [0.4, 0.5) is 0 Å². The molecule has 0 aromatic heterocycles. The molecule has 1 saturated carbocycles. The fourth-order valence-corrected chi connectivity index (χ4v) is 2.53. The van der Waals surface area contributed by atoms with Gasteiger partial charge in [-0.2, -0.15) is 0 Å². The van der Waals surface area contributed by atoms with E-state index in [1.165, 1.54) is 0 Å². The maximum absolute atomic E-state index is 11.9. The van der Waals surface area contributed by atoms with Gasteiger partial charge in [0.05, 0.1) is 0 Å². The first kappa shape index (κ1) is 15.0. The third-order valence-corrected chi connectivity index (χ3v) is 3.71. The maximum Gasteiger partial charge on any atom is 0.240 e. The highest BCUT2D eigenvalue weighted by Crippen LogP contribution is 2.25. The molecule has 18 heavy (non-hydrogen) atoms. The van der Waals surface area contributed by atoms with E-state index in [-0.39, 0.29) is 23.8 Å². The van der Waals surface area contributed by atoms with Crippen LogP contribution in [-0.4, -0.2) is 23.9 Å². The monoisotopic (exact) mass is 255 g/mol. The van der Waals surface area contributed by atoms with Crippen LogP contribution in [0.3, 0.4) is 0 Å². The minimum atomic E-state index is -0.586. The number of carbonyl (C=O) groups is 2. The topological polar surface area (TPSA) is 98.2 Å². The number of nitrogens with two attached hydrogens (primary N) is 2. The van der Waals surface area contributed by atoms with E-state index in [0.717, 1.165) is 25.7 Å². The first-order chi connectivity index (χ1) is 8.41. The van der Waals surface area contributed by atoms with Crippen molar-refractivity contribution in [2.24, 2.45) is 23.3 Å². The molecule has 5 nitrogen and oxygen atoms in total. The van der Waals surface area contributed by atoms with E-state index in [1.807, 2.05) is 13.8 Å². The summed E-state index contributed by atoms with van der Waals surface area (Å²) in [5.74, 6) is -0.355. The van der Waals surface area contributed by atoms with E-state index in [9.17, 15) is 9.59 Å². The number of nitrogens with one attached hydrogen (secondary N) is 1. The van der Waals surface area contributed by atoms with Crippen molar-refractivity contribution in [1.82, 2.24) is 5.32 Å². The zero-order chi connectivity index (χ0) is 13.7. The van der Waals surface area contributed by atoms with Gasteiger partial charge in [0.2, 0.25) is 11.8 Å². The lowest BCUT2D eigenvalue weighted by atomic mass is 9.83. The Morgan fingerprint density at radius 1 is 1.28 bits per heavy atom. The molecule has 104 valence electrons. The molecule has 0 aromatic carbocycles. The van der Waals surface area contributed by atoms with Crippen molar-refractivity contribution in [3.8, 4) is 0 Å². The molecule has 1 aliphatic rings. The summed E-state index contributed by atoms with van der Waals surface area (Å²) >= 11 is 0. The molecule has 5 N–H and O–H groups in total. The zero-order valence-corrected chi connectivity index (χ0v) is 11.3. The predicted octanol–water partition coefficient (Wildman–Crippen LogP) is 0.520. The SMILES string of the molecule is CC(C)C(NC(=O)CC1CCCCC1N)C(N)=O. The van der Waals surface area contributed by atoms with Gasteiger partial charge >= 0.3 is 0 Å². The quantitative estimate of drug-likeness (QED) is 0.668. The Balaban J connectivity index is 2.47. The summed E-state index contributed by atoms with van der Waals surface area (Å²) in [6.07, 6.45) is 4.67. The highest BCUT2D eigenvalue weighted by molar-refractivity contribution is 5.86. The van der Waals surface area contributed by atoms with Gasteiger partial charge < -0.3 is 16.8 Å². The van der Waals surface area contributed by atoms with Gasteiger partial charge in [-0.25, -0.2) is 0 Å². The van der Waals surface area contributed by atoms with E-state index >= 15 is 0 Å². The lowest BCUT2D eigenvalue weighted by molar-refractivity contribution is -0.129. The van der Waals surface area contributed by atoms with Gasteiger partial charge in [-0.15, -0.1) is 0 Å². The molecule has 5 heteroatoms. The summed E-state index contributed by atoms with van der Waals surface area (Å²) in [4.78, 5) is 23.1. The van der Waals surface area contributed by atoms with Crippen molar-refractivity contribution in [2.75, 3.05) is 0 Å². The Morgan fingerprint density at radius 2 is 1.89 bits per heavy atom. The van der Waals surface area contributed by atoms with Crippen molar-refractivity contribution in [3.05, 3.63) is 0 Å². The maximum atomic E-state index is 11.9. The molecule has 1 rings (SSSR count). The molecule has 0 aromatic rings. The minimum Gasteiger partial charge on any atom is -0.368 e. The van der Waals surface area contributed by atoms with Crippen LogP contribution in [0.5, 0.6) is 0 Å². The smallest absolute Gasteiger partial charge is 0.240 e. The fraction of sp³-hybridized carbons (Fsp3) is 0.846. The first-order valence-electron chi connectivity index (χ1n) is 6.76. The number of hydrogen-bond donors (Lipinski definition) is 3. The molecule has 2 amide bonds. The van der Waals surface area contributed by atoms with E-state index in [0.29, 0.717) is 6.42 Å². The zero-order valence-electron chi connectivity index (χ0n) is 11.3. The summed E-state index contributed by atoms with van der Waals surface area (Å²) in [6, 6.07) is -0.479. The third-order valence-electron chi connectivity index (χ3n) is 3.71. The van der Waals surface area contributed by atoms with E-state index < -0.39 is 11.9 Å². The van der Waals surface area contributed by atoms with Crippen LogP contribution in [0.25, 0.3) is 0 Å². The highest BCUT2D eigenvalue weighted by atomic mass is 16.2. The van der Waals surface area contributed by atoms with Gasteiger partial charge in [0.25, 0.3) is 0 Å². The second kappa shape index (κ2) is 6.73. The molecule has 3 atom stereocenters. The van der Waals surface area contributed by atoms with Crippen LogP contribution in [0.2, 0.25) is 0 Å². The lowest BCUT2D eigenvalue weighted by Crippen LogP contribution is -2.48. The highest BCUT2D eigenvalue weighted by Gasteiger charge is 2.27. The Bertz CT molecular complexity index is 305. The molecule has 1 aliphatic carbocycles. The van der Waals surface area contributed by atoms with Crippen molar-refractivity contribution >= 4 is 11.8 Å². The molecule has 0 spiro atoms. The van der Waals surface area contributed by atoms with E-state index in [4.69, 9.17) is 11.5 Å². The average Bonchev–Trinajstić information content (AvgIpc) is 2.28. The van der Waals surface area contributed by atoms with Crippen LogP contribution in [0.15, 0.2) is 0 Å². The van der Waals surface area contributed by atoms with Gasteiger partial charge in [-0.05, 0) is 24.7 Å². The number of hydrogen-bond acceptors (Lipinski definition) is 3. The molecule has 1 fully saturated rings. The summed E-state index contributed by atoms with van der Waals surface area (Å²) in [6.45, 7) is 3.73. The lowest BCUT2D eigenvalue weighted by Gasteiger charge is -2.28. The molecular formula is C13H25N3O2. The Morgan fingerprint density at radius 3 is 2.39 bits per heavy atom. The molecule has 0 radical (unpaired) electrons. The largest absolute Gasteiger partial charge is 0.368 e. The summed E-state index contributed by atoms with van der Waals surface area (Å²) in [7, 11) is 0. The minimum absolute atomic E-state index is 0.00600. The first-order valence-corrected chi connectivity index (χ1v) is 6.76. The second-order valence-electron chi connectivity index (χ2n) is 5.60. The number of rotatable bonds is 5. The van der Waals surface area contributed by atoms with Gasteiger partial charge in [0.1, 0.15) is 6.04 Å². The fourth-order valence-electron chi connectivity index (χ4n) is 2.53. The van der Waals surface area contributed by atoms with Crippen molar-refractivity contribution in [2.45, 2.75) is 58.0 Å². The number of amides is 2. The average molecular weight is 255 g/mol. The van der Waals surface area contributed by atoms with Crippen LogP contribution in [-0.2, 0) is 9.59 Å². The van der Waals surface area contributed by atoms with Crippen molar-refractivity contribution in [1.29, 1.82) is 0 Å². The van der Waals surface area contributed by atoms with E-state index in [2.05, 4.69) is 5.32 Å². The number of primary amides is 1. The Hall–Kier alpha value is -1.10. The van der Waals surface area contributed by atoms with Crippen LogP contribution < -0.4 is 16.8 Å². The molecule has 0 heterocycles. The second-order valence-corrected chi connectivity index (χ2v) is 5.60. The number of carbonyl (C=O) groups excluding carboxylic acids is 2. The predicted molar refractivity (Wildman–Crippen MR) is 70.5 cm³/mol.